The standard InChI is InChI=1S/C34H38Cl2N2O7/c1-42-28-19-23(20-29(43-2)30(28)44-3)31(39)38-17-18-45-34(22-38,25-9-10-26(35)27(36)21-25)13-16-37-14-11-33(12-15-37,32(40)41)24-7-5-4-6-8-24/h4-10,19-21H,11-18,22H2,1-3H3,(H,40,41). The van der Waals surface area contributed by atoms with E-state index in [9.17, 15) is 14.7 Å². The molecule has 0 radical (unpaired) electrons. The molecule has 2 fully saturated rings. The first kappa shape index (κ1) is 32.9. The van der Waals surface area contributed by atoms with Crippen LogP contribution < -0.4 is 14.2 Å². The minimum absolute atomic E-state index is 0.200. The number of hydrogen-bond donors (Lipinski definition) is 1. The second-order valence-corrected chi connectivity index (χ2v) is 12.3. The number of morpholine rings is 1. The van der Waals surface area contributed by atoms with Crippen molar-refractivity contribution in [2.75, 3.05) is 60.7 Å². The van der Waals surface area contributed by atoms with Gasteiger partial charge in [0.2, 0.25) is 5.75 Å². The van der Waals surface area contributed by atoms with Crippen molar-refractivity contribution in [2.24, 2.45) is 0 Å². The Bertz CT molecular complexity index is 1500. The number of carboxylic acids is 1. The summed E-state index contributed by atoms with van der Waals surface area (Å²) in [6.07, 6.45) is 1.55. The van der Waals surface area contributed by atoms with Crippen molar-refractivity contribution < 1.29 is 33.6 Å². The Morgan fingerprint density at radius 3 is 2.11 bits per heavy atom. The van der Waals surface area contributed by atoms with Crippen LogP contribution in [0.5, 0.6) is 17.2 Å². The van der Waals surface area contributed by atoms with Gasteiger partial charge in [-0.15, -0.1) is 0 Å². The van der Waals surface area contributed by atoms with Crippen molar-refractivity contribution >= 4 is 35.1 Å². The van der Waals surface area contributed by atoms with Gasteiger partial charge in [0, 0.05) is 18.7 Å². The molecule has 240 valence electrons. The Hall–Kier alpha value is -3.50. The van der Waals surface area contributed by atoms with Crippen LogP contribution in [0.25, 0.3) is 0 Å². The molecular formula is C34H38Cl2N2O7. The molecule has 3 aromatic carbocycles. The molecule has 0 spiro atoms. The van der Waals surface area contributed by atoms with Crippen molar-refractivity contribution in [3.8, 4) is 17.2 Å². The Morgan fingerprint density at radius 1 is 0.867 bits per heavy atom. The third-order valence-corrected chi connectivity index (χ3v) is 9.85. The summed E-state index contributed by atoms with van der Waals surface area (Å²) in [6, 6.07) is 18.2. The van der Waals surface area contributed by atoms with Crippen LogP contribution in [0, 0.1) is 0 Å². The summed E-state index contributed by atoms with van der Waals surface area (Å²) in [5, 5.41) is 11.1. The molecule has 1 atom stereocenters. The highest BCUT2D eigenvalue weighted by molar-refractivity contribution is 6.42. The zero-order valence-electron chi connectivity index (χ0n) is 25.7. The number of aliphatic carboxylic acids is 1. The van der Waals surface area contributed by atoms with Crippen LogP contribution in [-0.4, -0.2) is 87.4 Å². The first-order chi connectivity index (χ1) is 21.7. The average molecular weight is 658 g/mol. The number of methoxy groups -OCH3 is 3. The van der Waals surface area contributed by atoms with Crippen molar-refractivity contribution in [1.82, 2.24) is 9.80 Å². The predicted molar refractivity (Wildman–Crippen MR) is 172 cm³/mol. The molecule has 2 aliphatic rings. The summed E-state index contributed by atoms with van der Waals surface area (Å²) in [5.74, 6) is 0.195. The lowest BCUT2D eigenvalue weighted by atomic mass is 9.72. The lowest BCUT2D eigenvalue weighted by Crippen LogP contribution is -2.54. The molecular weight excluding hydrogens is 619 g/mol. The minimum atomic E-state index is -0.913. The molecule has 3 aromatic rings. The number of carboxylic acid groups (broad SMARTS) is 1. The molecule has 0 bridgehead atoms. The second-order valence-electron chi connectivity index (χ2n) is 11.5. The number of ether oxygens (including phenoxy) is 4. The fourth-order valence-corrected chi connectivity index (χ4v) is 6.77. The van der Waals surface area contributed by atoms with Gasteiger partial charge in [0.15, 0.2) is 11.5 Å². The summed E-state index contributed by atoms with van der Waals surface area (Å²) >= 11 is 12.8. The number of carbonyl (C=O) groups is 2. The average Bonchev–Trinajstić information content (AvgIpc) is 3.08. The van der Waals surface area contributed by atoms with E-state index in [0.29, 0.717) is 84.9 Å². The number of rotatable bonds is 10. The third-order valence-electron chi connectivity index (χ3n) is 9.11. The van der Waals surface area contributed by atoms with Crippen molar-refractivity contribution in [2.45, 2.75) is 30.3 Å². The topological polar surface area (TPSA) is 97.8 Å². The number of carbonyl (C=O) groups excluding carboxylic acids is 1. The van der Waals surface area contributed by atoms with Gasteiger partial charge >= 0.3 is 5.97 Å². The first-order valence-electron chi connectivity index (χ1n) is 14.9. The van der Waals surface area contributed by atoms with Gasteiger partial charge in [-0.3, -0.25) is 9.59 Å². The van der Waals surface area contributed by atoms with Crippen molar-refractivity contribution in [1.29, 1.82) is 0 Å². The maximum Gasteiger partial charge on any atom is 0.314 e. The maximum atomic E-state index is 14.0. The summed E-state index contributed by atoms with van der Waals surface area (Å²) in [5.41, 5.74) is 0.270. The molecule has 1 unspecified atom stereocenters. The van der Waals surface area contributed by atoms with E-state index in [4.69, 9.17) is 42.1 Å². The predicted octanol–water partition coefficient (Wildman–Crippen LogP) is 5.90. The normalized spacial score (nSPS) is 20.0. The molecule has 2 aliphatic heterocycles. The lowest BCUT2D eigenvalue weighted by molar-refractivity contribution is -0.146. The Labute approximate surface area is 273 Å². The van der Waals surface area contributed by atoms with Gasteiger partial charge in [-0.2, -0.15) is 0 Å². The highest BCUT2D eigenvalue weighted by Gasteiger charge is 2.45. The van der Waals surface area contributed by atoms with Crippen molar-refractivity contribution in [3.05, 3.63) is 87.4 Å². The summed E-state index contributed by atoms with van der Waals surface area (Å²) < 4.78 is 22.9. The van der Waals surface area contributed by atoms with Gasteiger partial charge in [0.05, 0.1) is 49.9 Å². The summed E-state index contributed by atoms with van der Waals surface area (Å²) in [4.78, 5) is 30.5. The van der Waals surface area contributed by atoms with E-state index in [1.54, 1.807) is 29.2 Å². The molecule has 0 saturated carbocycles. The molecule has 11 heteroatoms. The molecule has 2 saturated heterocycles. The maximum absolute atomic E-state index is 14.0. The highest BCUT2D eigenvalue weighted by atomic mass is 35.5. The molecule has 45 heavy (non-hydrogen) atoms. The molecule has 2 heterocycles. The van der Waals surface area contributed by atoms with Gasteiger partial charge in [-0.1, -0.05) is 59.6 Å². The smallest absolute Gasteiger partial charge is 0.314 e. The second kappa shape index (κ2) is 13.9. The number of benzene rings is 3. The van der Waals surface area contributed by atoms with Crippen LogP contribution in [-0.2, 0) is 20.5 Å². The molecule has 1 N–H and O–H groups in total. The van der Waals surface area contributed by atoms with Gasteiger partial charge in [0.25, 0.3) is 5.91 Å². The highest BCUT2D eigenvalue weighted by Crippen LogP contribution is 2.41. The Balaban J connectivity index is 1.39. The molecule has 9 nitrogen and oxygen atoms in total. The van der Waals surface area contributed by atoms with Crippen LogP contribution in [0.2, 0.25) is 10.0 Å². The minimum Gasteiger partial charge on any atom is -0.493 e. The van der Waals surface area contributed by atoms with Crippen LogP contribution in [0.15, 0.2) is 60.7 Å². The van der Waals surface area contributed by atoms with Crippen molar-refractivity contribution in [3.63, 3.8) is 0 Å². The number of piperidine rings is 1. The quantitative estimate of drug-likeness (QED) is 0.288. The number of halogens is 2. The van der Waals surface area contributed by atoms with Crippen LogP contribution in [0.4, 0.5) is 0 Å². The lowest BCUT2D eigenvalue weighted by Gasteiger charge is -2.45. The number of nitrogens with zero attached hydrogens (tertiary/aromatic N) is 2. The zero-order valence-corrected chi connectivity index (χ0v) is 27.2. The van der Waals surface area contributed by atoms with E-state index >= 15 is 0 Å². The van der Waals surface area contributed by atoms with E-state index in [1.807, 2.05) is 36.4 Å². The Kier molecular flexibility index (Phi) is 10.1. The number of hydrogen-bond acceptors (Lipinski definition) is 7. The largest absolute Gasteiger partial charge is 0.493 e. The third kappa shape index (κ3) is 6.58. The fraction of sp³-hybridized carbons (Fsp3) is 0.412. The number of likely N-dealkylation sites (tertiary alicyclic amines) is 1. The van der Waals surface area contributed by atoms with E-state index < -0.39 is 17.0 Å². The van der Waals surface area contributed by atoms with E-state index in [0.717, 1.165) is 11.1 Å². The van der Waals surface area contributed by atoms with Crippen LogP contribution in [0.3, 0.4) is 0 Å². The van der Waals surface area contributed by atoms with Gasteiger partial charge in [-0.25, -0.2) is 0 Å². The Morgan fingerprint density at radius 2 is 1.53 bits per heavy atom. The van der Waals surface area contributed by atoms with Crippen LogP contribution in [0.1, 0.15) is 40.7 Å². The zero-order chi connectivity index (χ0) is 32.2. The van der Waals surface area contributed by atoms with Gasteiger partial charge in [0.1, 0.15) is 5.60 Å². The summed E-state index contributed by atoms with van der Waals surface area (Å²) in [6.45, 7) is 2.85. The van der Waals surface area contributed by atoms with Crippen LogP contribution >= 0.6 is 23.2 Å². The van der Waals surface area contributed by atoms with E-state index in [-0.39, 0.29) is 12.5 Å². The molecule has 0 aliphatic carbocycles. The first-order valence-corrected chi connectivity index (χ1v) is 15.6. The van der Waals surface area contributed by atoms with Gasteiger partial charge < -0.3 is 33.9 Å². The monoisotopic (exact) mass is 656 g/mol. The van der Waals surface area contributed by atoms with E-state index in [2.05, 4.69) is 4.90 Å². The van der Waals surface area contributed by atoms with E-state index in [1.165, 1.54) is 21.3 Å². The molecule has 1 amide bonds. The summed E-state index contributed by atoms with van der Waals surface area (Å²) in [7, 11) is 4.54. The molecule has 5 rings (SSSR count). The SMILES string of the molecule is COc1cc(C(=O)N2CCOC(CCN3CCC(C(=O)O)(c4ccccc4)CC3)(c3ccc(Cl)c(Cl)c3)C2)cc(OC)c1OC. The molecule has 0 aromatic heterocycles. The fourth-order valence-electron chi connectivity index (χ4n) is 6.47. The van der Waals surface area contributed by atoms with Gasteiger partial charge in [-0.05, 0) is 67.7 Å². The number of amides is 1.